The van der Waals surface area contributed by atoms with Gasteiger partial charge in [0.2, 0.25) is 0 Å². The van der Waals surface area contributed by atoms with Gasteiger partial charge in [-0.1, -0.05) is 12.1 Å². The van der Waals surface area contributed by atoms with Gasteiger partial charge in [-0.2, -0.15) is 13.2 Å². The molecule has 0 aliphatic carbocycles. The summed E-state index contributed by atoms with van der Waals surface area (Å²) in [6.45, 7) is 0.383. The minimum Gasteiger partial charge on any atom is -0.490 e. The van der Waals surface area contributed by atoms with Gasteiger partial charge in [-0.3, -0.25) is 0 Å². The summed E-state index contributed by atoms with van der Waals surface area (Å²) >= 11 is 0. The van der Waals surface area contributed by atoms with E-state index in [1.165, 1.54) is 25.1 Å². The Balaban J connectivity index is 2.96. The summed E-state index contributed by atoms with van der Waals surface area (Å²) in [6, 6.07) is 3.95. The van der Waals surface area contributed by atoms with Gasteiger partial charge >= 0.3 is 6.18 Å². The Morgan fingerprint density at radius 3 is 2.53 bits per heavy atom. The molecule has 0 aromatic heterocycles. The van der Waals surface area contributed by atoms with E-state index in [1.54, 1.807) is 0 Å². The molecule has 0 fully saturated rings. The van der Waals surface area contributed by atoms with Crippen molar-refractivity contribution in [2.75, 3.05) is 13.2 Å². The molecule has 0 aliphatic heterocycles. The Morgan fingerprint density at radius 1 is 1.35 bits per heavy atom. The second-order valence-electron chi connectivity index (χ2n) is 3.59. The summed E-state index contributed by atoms with van der Waals surface area (Å²) in [6.07, 6.45) is -5.71. The summed E-state index contributed by atoms with van der Waals surface area (Å²) in [4.78, 5) is 0. The number of alkyl halides is 3. The van der Waals surface area contributed by atoms with Crippen LogP contribution in [0.1, 0.15) is 11.1 Å². The van der Waals surface area contributed by atoms with E-state index in [-0.39, 0.29) is 17.9 Å². The smallest absolute Gasteiger partial charge is 0.420 e. The zero-order valence-corrected chi connectivity index (χ0v) is 9.16. The van der Waals surface area contributed by atoms with E-state index in [1.807, 2.05) is 0 Å². The van der Waals surface area contributed by atoms with Crippen molar-refractivity contribution in [2.45, 2.75) is 19.2 Å². The molecular weight excluding hydrogens is 237 g/mol. The number of rotatable bonds is 4. The van der Waals surface area contributed by atoms with E-state index in [4.69, 9.17) is 14.9 Å². The lowest BCUT2D eigenvalue weighted by molar-refractivity contribution is -0.139. The highest BCUT2D eigenvalue weighted by Crippen LogP contribution is 2.38. The second-order valence-corrected chi connectivity index (χ2v) is 3.59. The average molecular weight is 250 g/mol. The zero-order chi connectivity index (χ0) is 13.1. The largest absolute Gasteiger partial charge is 0.490 e. The first-order chi connectivity index (χ1) is 7.86. The fourth-order valence-electron chi connectivity index (χ4n) is 1.36. The van der Waals surface area contributed by atoms with Crippen LogP contribution in [0.15, 0.2) is 18.2 Å². The van der Waals surface area contributed by atoms with Crippen molar-refractivity contribution in [1.82, 2.24) is 0 Å². The maximum absolute atomic E-state index is 12.7. The number of aliphatic hydroxyl groups is 2. The highest BCUT2D eigenvalue weighted by molar-refractivity contribution is 5.41. The fraction of sp³-hybridized carbons (Fsp3) is 0.455. The van der Waals surface area contributed by atoms with E-state index in [0.717, 1.165) is 0 Å². The second kappa shape index (κ2) is 5.37. The molecule has 6 heteroatoms. The molecular formula is C11H13F3O3. The van der Waals surface area contributed by atoms with Gasteiger partial charge in [0.25, 0.3) is 0 Å². The standard InChI is InChI=1S/C11H13F3O3/c1-7-3-2-4-9(10(7)11(12,13)14)17-6-8(16)5-15/h2-4,8,15-16H,5-6H2,1H3. The Labute approximate surface area is 96.5 Å². The molecule has 3 nitrogen and oxygen atoms in total. The molecule has 1 rings (SSSR count). The van der Waals surface area contributed by atoms with Crippen molar-refractivity contribution in [3.63, 3.8) is 0 Å². The van der Waals surface area contributed by atoms with Crippen LogP contribution in [-0.4, -0.2) is 29.5 Å². The summed E-state index contributed by atoms with van der Waals surface area (Å²) in [7, 11) is 0. The van der Waals surface area contributed by atoms with Gasteiger partial charge in [0.1, 0.15) is 24.0 Å². The van der Waals surface area contributed by atoms with Gasteiger partial charge in [-0.25, -0.2) is 0 Å². The van der Waals surface area contributed by atoms with Gasteiger partial charge < -0.3 is 14.9 Å². The zero-order valence-electron chi connectivity index (χ0n) is 9.16. The van der Waals surface area contributed by atoms with Crippen LogP contribution in [0.4, 0.5) is 13.2 Å². The quantitative estimate of drug-likeness (QED) is 0.855. The number of halogens is 3. The first-order valence-electron chi connectivity index (χ1n) is 4.94. The molecule has 2 N–H and O–H groups in total. The highest BCUT2D eigenvalue weighted by atomic mass is 19.4. The van der Waals surface area contributed by atoms with E-state index in [0.29, 0.717) is 0 Å². The number of aliphatic hydroxyl groups excluding tert-OH is 2. The number of hydrogen-bond donors (Lipinski definition) is 2. The lowest BCUT2D eigenvalue weighted by atomic mass is 10.1. The molecule has 0 radical (unpaired) electrons. The number of ether oxygens (including phenoxy) is 1. The van der Waals surface area contributed by atoms with Crippen LogP contribution in [0.3, 0.4) is 0 Å². The van der Waals surface area contributed by atoms with Gasteiger partial charge in [0, 0.05) is 0 Å². The molecule has 0 saturated heterocycles. The van der Waals surface area contributed by atoms with Gasteiger partial charge in [-0.05, 0) is 18.6 Å². The monoisotopic (exact) mass is 250 g/mol. The molecule has 1 aromatic rings. The van der Waals surface area contributed by atoms with Crippen molar-refractivity contribution in [3.8, 4) is 5.75 Å². The lowest BCUT2D eigenvalue weighted by Crippen LogP contribution is -2.22. The van der Waals surface area contributed by atoms with Crippen molar-refractivity contribution < 1.29 is 28.1 Å². The van der Waals surface area contributed by atoms with E-state index >= 15 is 0 Å². The Kier molecular flexibility index (Phi) is 4.36. The van der Waals surface area contributed by atoms with E-state index in [2.05, 4.69) is 0 Å². The van der Waals surface area contributed by atoms with Crippen LogP contribution in [0, 0.1) is 6.92 Å². The van der Waals surface area contributed by atoms with E-state index in [9.17, 15) is 13.2 Å². The van der Waals surface area contributed by atoms with Crippen molar-refractivity contribution in [1.29, 1.82) is 0 Å². The number of aryl methyl sites for hydroxylation is 1. The SMILES string of the molecule is Cc1cccc(OCC(O)CO)c1C(F)(F)F. The normalized spacial score (nSPS) is 13.5. The summed E-state index contributed by atoms with van der Waals surface area (Å²) < 4.78 is 43.0. The third kappa shape index (κ3) is 3.61. The maximum atomic E-state index is 12.7. The summed E-state index contributed by atoms with van der Waals surface area (Å²) in [5.74, 6) is -0.343. The Bertz CT molecular complexity index is 377. The average Bonchev–Trinajstić information content (AvgIpc) is 2.24. The van der Waals surface area contributed by atoms with E-state index < -0.39 is 24.5 Å². The molecule has 1 aromatic carbocycles. The third-order valence-electron chi connectivity index (χ3n) is 2.16. The lowest BCUT2D eigenvalue weighted by Gasteiger charge is -2.17. The van der Waals surface area contributed by atoms with Crippen LogP contribution < -0.4 is 4.74 Å². The van der Waals surface area contributed by atoms with Crippen molar-refractivity contribution >= 4 is 0 Å². The first-order valence-corrected chi connectivity index (χ1v) is 4.94. The first kappa shape index (κ1) is 13.8. The van der Waals surface area contributed by atoms with Crippen molar-refractivity contribution in [2.24, 2.45) is 0 Å². The van der Waals surface area contributed by atoms with Crippen LogP contribution in [0.2, 0.25) is 0 Å². The Hall–Kier alpha value is -1.27. The molecule has 0 amide bonds. The number of benzene rings is 1. The molecule has 0 heterocycles. The molecule has 0 saturated carbocycles. The molecule has 0 spiro atoms. The molecule has 17 heavy (non-hydrogen) atoms. The molecule has 0 aliphatic rings. The predicted molar refractivity (Wildman–Crippen MR) is 54.8 cm³/mol. The molecule has 1 atom stereocenters. The fourth-order valence-corrected chi connectivity index (χ4v) is 1.36. The minimum absolute atomic E-state index is 0.0495. The topological polar surface area (TPSA) is 49.7 Å². The molecule has 96 valence electrons. The van der Waals surface area contributed by atoms with Crippen LogP contribution >= 0.6 is 0 Å². The third-order valence-corrected chi connectivity index (χ3v) is 2.16. The van der Waals surface area contributed by atoms with Crippen molar-refractivity contribution in [3.05, 3.63) is 29.3 Å². The minimum atomic E-state index is -4.51. The van der Waals surface area contributed by atoms with Gasteiger partial charge in [0.05, 0.1) is 6.61 Å². The predicted octanol–water partition coefficient (Wildman–Crippen LogP) is 1.75. The van der Waals surface area contributed by atoms with Crippen LogP contribution in [-0.2, 0) is 6.18 Å². The molecule has 1 unspecified atom stereocenters. The summed E-state index contributed by atoms with van der Waals surface area (Å²) in [5, 5.41) is 17.6. The molecule has 0 bridgehead atoms. The van der Waals surface area contributed by atoms with Crippen LogP contribution in [0.5, 0.6) is 5.75 Å². The van der Waals surface area contributed by atoms with Gasteiger partial charge in [0.15, 0.2) is 0 Å². The Morgan fingerprint density at radius 2 is 2.00 bits per heavy atom. The summed E-state index contributed by atoms with van der Waals surface area (Å²) in [5.41, 5.74) is -0.807. The maximum Gasteiger partial charge on any atom is 0.420 e. The number of hydrogen-bond acceptors (Lipinski definition) is 3. The highest BCUT2D eigenvalue weighted by Gasteiger charge is 2.36. The van der Waals surface area contributed by atoms with Gasteiger partial charge in [-0.15, -0.1) is 0 Å². The van der Waals surface area contributed by atoms with Crippen LogP contribution in [0.25, 0.3) is 0 Å².